The fourth-order valence-electron chi connectivity index (χ4n) is 3.77. The van der Waals surface area contributed by atoms with Crippen molar-refractivity contribution in [1.29, 1.82) is 0 Å². The Morgan fingerprint density at radius 1 is 1.18 bits per heavy atom. The van der Waals surface area contributed by atoms with Crippen molar-refractivity contribution in [3.8, 4) is 0 Å². The maximum absolute atomic E-state index is 11.9. The fraction of sp³-hybridized carbons (Fsp3) is 0.611. The summed E-state index contributed by atoms with van der Waals surface area (Å²) in [6.45, 7) is 5.28. The molecule has 1 aromatic rings. The van der Waals surface area contributed by atoms with Gasteiger partial charge in [-0.25, -0.2) is 0 Å². The van der Waals surface area contributed by atoms with Gasteiger partial charge in [-0.2, -0.15) is 0 Å². The van der Waals surface area contributed by atoms with Gasteiger partial charge in [-0.05, 0) is 30.4 Å². The molecule has 2 aliphatic rings. The molecule has 2 heterocycles. The van der Waals surface area contributed by atoms with Crippen LogP contribution in [0.15, 0.2) is 24.3 Å². The second-order valence-electron chi connectivity index (χ2n) is 6.44. The van der Waals surface area contributed by atoms with Crippen LogP contribution >= 0.6 is 0 Å². The lowest BCUT2D eigenvalue weighted by molar-refractivity contribution is -0.130. The van der Waals surface area contributed by atoms with Gasteiger partial charge in [-0.1, -0.05) is 31.2 Å². The number of carbonyl (C=O) groups is 1. The van der Waals surface area contributed by atoms with Crippen molar-refractivity contribution >= 4 is 5.91 Å². The second-order valence-corrected chi connectivity index (χ2v) is 6.44. The number of hydrogen-bond donors (Lipinski definition) is 1. The van der Waals surface area contributed by atoms with Gasteiger partial charge in [-0.15, -0.1) is 0 Å². The molecule has 120 valence electrons. The highest BCUT2D eigenvalue weighted by Gasteiger charge is 2.32. The van der Waals surface area contributed by atoms with Crippen molar-refractivity contribution in [1.82, 2.24) is 9.80 Å². The molecule has 0 radical (unpaired) electrons. The molecule has 2 aliphatic heterocycles. The lowest BCUT2D eigenvalue weighted by atomic mass is 9.96. The summed E-state index contributed by atoms with van der Waals surface area (Å²) in [7, 11) is 0. The highest BCUT2D eigenvalue weighted by molar-refractivity contribution is 5.75. The summed E-state index contributed by atoms with van der Waals surface area (Å²) in [6.07, 6.45) is 2.83. The van der Waals surface area contributed by atoms with Crippen LogP contribution in [0.25, 0.3) is 0 Å². The summed E-state index contributed by atoms with van der Waals surface area (Å²) in [5.74, 6) is 0.205. The maximum atomic E-state index is 11.9. The van der Waals surface area contributed by atoms with Gasteiger partial charge < -0.3 is 10.0 Å². The minimum Gasteiger partial charge on any atom is -0.391 e. The molecular weight excluding hydrogens is 276 g/mol. The zero-order valence-electron chi connectivity index (χ0n) is 13.4. The van der Waals surface area contributed by atoms with E-state index in [2.05, 4.69) is 29.2 Å². The maximum Gasteiger partial charge on any atom is 0.222 e. The Hall–Kier alpha value is -1.39. The molecule has 0 unspecified atom stereocenters. The number of carbonyl (C=O) groups excluding carboxylic acids is 1. The summed E-state index contributed by atoms with van der Waals surface area (Å²) < 4.78 is 0. The number of benzene rings is 1. The van der Waals surface area contributed by atoms with Crippen LogP contribution in [-0.2, 0) is 17.8 Å². The first-order chi connectivity index (χ1) is 10.7. The second kappa shape index (κ2) is 6.80. The molecule has 0 aliphatic carbocycles. The minimum atomic E-state index is -0.333. The third-order valence-electron chi connectivity index (χ3n) is 5.12. The molecule has 2 atom stereocenters. The van der Waals surface area contributed by atoms with Crippen molar-refractivity contribution in [2.45, 2.75) is 51.3 Å². The standard InChI is InChI=1S/C18H26N2O2/c1-2-18(22)19-11-8-16(17(21)9-12-19)20-10-7-14-5-3-4-6-15(14)13-20/h3-6,16-17,21H,2,7-13H2,1H3/t16-,17-/m0/s1. The Bertz CT molecular complexity index is 532. The van der Waals surface area contributed by atoms with Crippen LogP contribution < -0.4 is 0 Å². The molecule has 4 heteroatoms. The Labute approximate surface area is 132 Å². The van der Waals surface area contributed by atoms with Gasteiger partial charge in [0, 0.05) is 38.6 Å². The molecule has 0 spiro atoms. The number of aliphatic hydroxyl groups is 1. The van der Waals surface area contributed by atoms with E-state index in [-0.39, 0.29) is 18.1 Å². The van der Waals surface area contributed by atoms with E-state index in [0.29, 0.717) is 19.4 Å². The SMILES string of the molecule is CCC(=O)N1CC[C@H](O)[C@@H](N2CCc3ccccc3C2)CC1. The monoisotopic (exact) mass is 302 g/mol. The minimum absolute atomic E-state index is 0.169. The van der Waals surface area contributed by atoms with E-state index >= 15 is 0 Å². The zero-order chi connectivity index (χ0) is 15.5. The number of fused-ring (bicyclic) bond motifs is 1. The highest BCUT2D eigenvalue weighted by Crippen LogP contribution is 2.25. The van der Waals surface area contributed by atoms with E-state index < -0.39 is 0 Å². The lowest BCUT2D eigenvalue weighted by Crippen LogP contribution is -2.46. The van der Waals surface area contributed by atoms with Crippen molar-refractivity contribution in [3.05, 3.63) is 35.4 Å². The molecule has 1 N–H and O–H groups in total. The first kappa shape index (κ1) is 15.5. The number of aliphatic hydroxyl groups excluding tert-OH is 1. The number of rotatable bonds is 2. The van der Waals surface area contributed by atoms with Crippen LogP contribution in [0.5, 0.6) is 0 Å². The first-order valence-corrected chi connectivity index (χ1v) is 8.45. The van der Waals surface area contributed by atoms with Gasteiger partial charge in [0.1, 0.15) is 0 Å². The topological polar surface area (TPSA) is 43.8 Å². The van der Waals surface area contributed by atoms with Gasteiger partial charge in [0.15, 0.2) is 0 Å². The third kappa shape index (κ3) is 3.18. The number of nitrogens with zero attached hydrogens (tertiary/aromatic N) is 2. The van der Waals surface area contributed by atoms with E-state index in [4.69, 9.17) is 0 Å². The Balaban J connectivity index is 1.68. The molecule has 4 nitrogen and oxygen atoms in total. The number of amides is 1. The van der Waals surface area contributed by atoms with Gasteiger partial charge in [0.2, 0.25) is 5.91 Å². The summed E-state index contributed by atoms with van der Waals surface area (Å²) in [6, 6.07) is 8.76. The van der Waals surface area contributed by atoms with Gasteiger partial charge in [-0.3, -0.25) is 9.69 Å². The lowest BCUT2D eigenvalue weighted by Gasteiger charge is -2.37. The first-order valence-electron chi connectivity index (χ1n) is 8.45. The van der Waals surface area contributed by atoms with Gasteiger partial charge in [0.25, 0.3) is 0 Å². The molecule has 1 fully saturated rings. The molecule has 0 saturated carbocycles. The van der Waals surface area contributed by atoms with Crippen molar-refractivity contribution in [2.24, 2.45) is 0 Å². The van der Waals surface area contributed by atoms with E-state index in [9.17, 15) is 9.90 Å². The summed E-state index contributed by atoms with van der Waals surface area (Å²) in [4.78, 5) is 16.2. The Morgan fingerprint density at radius 3 is 2.68 bits per heavy atom. The smallest absolute Gasteiger partial charge is 0.222 e. The van der Waals surface area contributed by atoms with Crippen molar-refractivity contribution < 1.29 is 9.90 Å². The molecule has 0 bridgehead atoms. The average molecular weight is 302 g/mol. The van der Waals surface area contributed by atoms with Crippen LogP contribution in [0.2, 0.25) is 0 Å². The largest absolute Gasteiger partial charge is 0.391 e. The van der Waals surface area contributed by atoms with Crippen LogP contribution in [-0.4, -0.2) is 52.6 Å². The van der Waals surface area contributed by atoms with Gasteiger partial charge >= 0.3 is 0 Å². The molecule has 0 aromatic heterocycles. The third-order valence-corrected chi connectivity index (χ3v) is 5.12. The normalized spacial score (nSPS) is 26.4. The number of likely N-dealkylation sites (tertiary alicyclic amines) is 1. The Morgan fingerprint density at radius 2 is 1.91 bits per heavy atom. The summed E-state index contributed by atoms with van der Waals surface area (Å²) in [5.41, 5.74) is 2.82. The molecular formula is C18H26N2O2. The highest BCUT2D eigenvalue weighted by atomic mass is 16.3. The molecule has 1 amide bonds. The van der Waals surface area contributed by atoms with Crippen LogP contribution in [0, 0.1) is 0 Å². The molecule has 3 rings (SSSR count). The molecule has 1 aromatic carbocycles. The van der Waals surface area contributed by atoms with E-state index in [1.807, 2.05) is 11.8 Å². The van der Waals surface area contributed by atoms with Crippen molar-refractivity contribution in [2.75, 3.05) is 19.6 Å². The van der Waals surface area contributed by atoms with Gasteiger partial charge in [0.05, 0.1) is 6.10 Å². The van der Waals surface area contributed by atoms with Crippen LogP contribution in [0.3, 0.4) is 0 Å². The van der Waals surface area contributed by atoms with Crippen LogP contribution in [0.4, 0.5) is 0 Å². The quantitative estimate of drug-likeness (QED) is 0.906. The zero-order valence-corrected chi connectivity index (χ0v) is 13.4. The fourth-order valence-corrected chi connectivity index (χ4v) is 3.77. The van der Waals surface area contributed by atoms with E-state index in [1.165, 1.54) is 11.1 Å². The van der Waals surface area contributed by atoms with Crippen LogP contribution in [0.1, 0.15) is 37.3 Å². The Kier molecular flexibility index (Phi) is 4.79. The summed E-state index contributed by atoms with van der Waals surface area (Å²) >= 11 is 0. The molecule has 22 heavy (non-hydrogen) atoms. The summed E-state index contributed by atoms with van der Waals surface area (Å²) in [5, 5.41) is 10.5. The molecule has 1 saturated heterocycles. The number of hydrogen-bond acceptors (Lipinski definition) is 3. The predicted octanol–water partition coefficient (Wildman–Crippen LogP) is 1.81. The van der Waals surface area contributed by atoms with E-state index in [0.717, 1.165) is 32.5 Å². The predicted molar refractivity (Wildman–Crippen MR) is 86.5 cm³/mol. The average Bonchev–Trinajstić information content (AvgIpc) is 2.75. The van der Waals surface area contributed by atoms with Crippen molar-refractivity contribution in [3.63, 3.8) is 0 Å². The van der Waals surface area contributed by atoms with E-state index in [1.54, 1.807) is 0 Å².